The standard InChI is InChI=1S/C13H15F2N3O5.ClH/c1-22-10-2-8(12(19)17-6-7-4-16-5-7)9(18(20)21)3-11(10)23-13(14)15;/h2-3,7,13,16H,4-6H2,1H3,(H,17,19);1H. The van der Waals surface area contributed by atoms with Gasteiger partial charge in [0.25, 0.3) is 11.6 Å². The molecule has 8 nitrogen and oxygen atoms in total. The highest BCUT2D eigenvalue weighted by molar-refractivity contribution is 5.99. The van der Waals surface area contributed by atoms with Gasteiger partial charge in [-0.1, -0.05) is 0 Å². The van der Waals surface area contributed by atoms with E-state index in [1.54, 1.807) is 0 Å². The van der Waals surface area contributed by atoms with Crippen LogP contribution in [0.1, 0.15) is 10.4 Å². The van der Waals surface area contributed by atoms with Crippen molar-refractivity contribution in [3.8, 4) is 11.5 Å². The molecule has 24 heavy (non-hydrogen) atoms. The zero-order valence-electron chi connectivity index (χ0n) is 12.6. The third-order valence-electron chi connectivity index (χ3n) is 3.36. The van der Waals surface area contributed by atoms with Crippen LogP contribution in [0.25, 0.3) is 0 Å². The van der Waals surface area contributed by atoms with Gasteiger partial charge in [0.1, 0.15) is 5.56 Å². The van der Waals surface area contributed by atoms with E-state index in [1.165, 1.54) is 7.11 Å². The number of carbonyl (C=O) groups excluding carboxylic acids is 1. The molecule has 1 aliphatic rings. The zero-order chi connectivity index (χ0) is 17.0. The third kappa shape index (κ3) is 4.65. The lowest BCUT2D eigenvalue weighted by Gasteiger charge is -2.27. The van der Waals surface area contributed by atoms with E-state index in [9.17, 15) is 23.7 Å². The van der Waals surface area contributed by atoms with Gasteiger partial charge in [-0.15, -0.1) is 12.4 Å². The van der Waals surface area contributed by atoms with Gasteiger partial charge < -0.3 is 20.1 Å². The number of methoxy groups -OCH3 is 1. The molecule has 134 valence electrons. The Hall–Kier alpha value is -2.20. The second-order valence-electron chi connectivity index (χ2n) is 4.89. The monoisotopic (exact) mass is 367 g/mol. The molecule has 1 amide bonds. The lowest BCUT2D eigenvalue weighted by atomic mass is 10.0. The van der Waals surface area contributed by atoms with Crippen LogP contribution in [-0.4, -0.2) is 44.2 Å². The van der Waals surface area contributed by atoms with E-state index in [2.05, 4.69) is 15.4 Å². The van der Waals surface area contributed by atoms with Crippen LogP contribution < -0.4 is 20.1 Å². The summed E-state index contributed by atoms with van der Waals surface area (Å²) >= 11 is 0. The maximum Gasteiger partial charge on any atom is 0.387 e. The van der Waals surface area contributed by atoms with Crippen molar-refractivity contribution < 1.29 is 28.0 Å². The van der Waals surface area contributed by atoms with Crippen LogP contribution in [0.3, 0.4) is 0 Å². The largest absolute Gasteiger partial charge is 0.493 e. The SMILES string of the molecule is COc1cc(C(=O)NCC2CNC2)c([N+](=O)[O-])cc1OC(F)F.Cl. The number of nitrogens with zero attached hydrogens (tertiary/aromatic N) is 1. The molecule has 2 rings (SSSR count). The molecule has 1 heterocycles. The van der Waals surface area contributed by atoms with Crippen molar-refractivity contribution in [3.63, 3.8) is 0 Å². The molecule has 2 N–H and O–H groups in total. The first-order chi connectivity index (χ1) is 10.9. The summed E-state index contributed by atoms with van der Waals surface area (Å²) in [7, 11) is 1.18. The van der Waals surface area contributed by atoms with Gasteiger partial charge in [0.05, 0.1) is 18.1 Å². The van der Waals surface area contributed by atoms with E-state index in [0.29, 0.717) is 6.54 Å². The Morgan fingerprint density at radius 3 is 2.58 bits per heavy atom. The van der Waals surface area contributed by atoms with E-state index < -0.39 is 28.9 Å². The predicted molar refractivity (Wildman–Crippen MR) is 82.2 cm³/mol. The van der Waals surface area contributed by atoms with Crippen molar-refractivity contribution in [1.82, 2.24) is 10.6 Å². The Morgan fingerprint density at radius 1 is 1.46 bits per heavy atom. The first kappa shape index (κ1) is 19.8. The normalized spacial score (nSPS) is 13.7. The maximum atomic E-state index is 12.4. The molecule has 0 bridgehead atoms. The lowest BCUT2D eigenvalue weighted by Crippen LogP contribution is -2.48. The number of alkyl halides is 2. The van der Waals surface area contributed by atoms with Gasteiger partial charge in [-0.2, -0.15) is 8.78 Å². The summed E-state index contributed by atoms with van der Waals surface area (Å²) in [4.78, 5) is 22.4. The molecule has 0 aromatic heterocycles. The van der Waals surface area contributed by atoms with E-state index in [-0.39, 0.29) is 29.6 Å². The van der Waals surface area contributed by atoms with Crippen LogP contribution in [0.2, 0.25) is 0 Å². The van der Waals surface area contributed by atoms with Crippen LogP contribution in [0.4, 0.5) is 14.5 Å². The second-order valence-corrected chi connectivity index (χ2v) is 4.89. The van der Waals surface area contributed by atoms with Crippen LogP contribution in [0.15, 0.2) is 12.1 Å². The highest BCUT2D eigenvalue weighted by atomic mass is 35.5. The Labute approximate surface area is 142 Å². The minimum Gasteiger partial charge on any atom is -0.493 e. The average Bonchev–Trinajstić information content (AvgIpc) is 2.44. The minimum absolute atomic E-state index is 0. The Morgan fingerprint density at radius 2 is 2.12 bits per heavy atom. The van der Waals surface area contributed by atoms with Crippen molar-refractivity contribution in [3.05, 3.63) is 27.8 Å². The van der Waals surface area contributed by atoms with E-state index in [0.717, 1.165) is 25.2 Å². The molecule has 0 unspecified atom stereocenters. The van der Waals surface area contributed by atoms with Gasteiger partial charge in [0.15, 0.2) is 11.5 Å². The van der Waals surface area contributed by atoms with Gasteiger partial charge in [-0.05, 0) is 0 Å². The fraction of sp³-hybridized carbons (Fsp3) is 0.462. The summed E-state index contributed by atoms with van der Waals surface area (Å²) < 4.78 is 33.7. The fourth-order valence-corrected chi connectivity index (χ4v) is 2.05. The first-order valence-corrected chi connectivity index (χ1v) is 6.72. The van der Waals surface area contributed by atoms with Crippen molar-refractivity contribution >= 4 is 24.0 Å². The molecule has 1 aromatic rings. The van der Waals surface area contributed by atoms with Gasteiger partial charge in [-0.25, -0.2) is 0 Å². The average molecular weight is 368 g/mol. The summed E-state index contributed by atoms with van der Waals surface area (Å²) in [5.41, 5.74) is -0.911. The van der Waals surface area contributed by atoms with Gasteiger partial charge >= 0.3 is 6.61 Å². The molecule has 1 fully saturated rings. The topological polar surface area (TPSA) is 103 Å². The van der Waals surface area contributed by atoms with Gasteiger partial charge in [0.2, 0.25) is 0 Å². The molecule has 0 radical (unpaired) electrons. The minimum atomic E-state index is -3.17. The number of benzene rings is 1. The maximum absolute atomic E-state index is 12.4. The molecule has 1 aliphatic heterocycles. The number of carbonyl (C=O) groups is 1. The van der Waals surface area contributed by atoms with Gasteiger partial charge in [-0.3, -0.25) is 14.9 Å². The quantitative estimate of drug-likeness (QED) is 0.560. The number of nitro groups is 1. The summed E-state index contributed by atoms with van der Waals surface area (Å²) in [6.45, 7) is -1.30. The molecular weight excluding hydrogens is 352 g/mol. The number of nitrogens with one attached hydrogen (secondary N) is 2. The number of hydrogen-bond acceptors (Lipinski definition) is 6. The molecule has 0 saturated carbocycles. The van der Waals surface area contributed by atoms with Crippen molar-refractivity contribution in [1.29, 1.82) is 0 Å². The van der Waals surface area contributed by atoms with E-state index >= 15 is 0 Å². The van der Waals surface area contributed by atoms with Crippen molar-refractivity contribution in [2.24, 2.45) is 5.92 Å². The first-order valence-electron chi connectivity index (χ1n) is 6.72. The van der Waals surface area contributed by atoms with E-state index in [1.807, 2.05) is 0 Å². The Kier molecular flexibility index (Phi) is 7.11. The van der Waals surface area contributed by atoms with Crippen LogP contribution in [-0.2, 0) is 0 Å². The number of rotatable bonds is 7. The fourth-order valence-electron chi connectivity index (χ4n) is 2.05. The predicted octanol–water partition coefficient (Wildman–Crippen LogP) is 1.58. The highest BCUT2D eigenvalue weighted by Crippen LogP contribution is 2.35. The summed E-state index contributed by atoms with van der Waals surface area (Å²) in [5.74, 6) is -1.10. The van der Waals surface area contributed by atoms with Crippen LogP contribution >= 0.6 is 12.4 Å². The number of ether oxygens (including phenoxy) is 2. The summed E-state index contributed by atoms with van der Waals surface area (Å²) in [6.07, 6.45) is 0. The number of halogens is 3. The summed E-state index contributed by atoms with van der Waals surface area (Å²) in [6, 6.07) is 1.77. The molecule has 0 spiro atoms. The molecule has 0 aliphatic carbocycles. The molecule has 1 aromatic carbocycles. The van der Waals surface area contributed by atoms with Crippen molar-refractivity contribution in [2.45, 2.75) is 6.61 Å². The smallest absolute Gasteiger partial charge is 0.387 e. The number of nitro benzene ring substituents is 1. The van der Waals surface area contributed by atoms with Crippen molar-refractivity contribution in [2.75, 3.05) is 26.7 Å². The van der Waals surface area contributed by atoms with E-state index in [4.69, 9.17) is 4.74 Å². The molecular formula is C13H16ClF2N3O5. The summed E-state index contributed by atoms with van der Waals surface area (Å²) in [5, 5.41) is 16.7. The third-order valence-corrected chi connectivity index (χ3v) is 3.36. The van der Waals surface area contributed by atoms with Crippen LogP contribution in [0.5, 0.6) is 11.5 Å². The number of hydrogen-bond donors (Lipinski definition) is 2. The Bertz CT molecular complexity index is 614. The van der Waals surface area contributed by atoms with Gasteiger partial charge in [0, 0.05) is 31.6 Å². The highest BCUT2D eigenvalue weighted by Gasteiger charge is 2.27. The molecule has 1 saturated heterocycles. The molecule has 11 heteroatoms. The lowest BCUT2D eigenvalue weighted by molar-refractivity contribution is -0.385. The number of amides is 1. The second kappa shape index (κ2) is 8.60. The van der Waals surface area contributed by atoms with Crippen LogP contribution in [0, 0.1) is 16.0 Å². The molecule has 0 atom stereocenters. The Balaban J connectivity index is 0.00000288. The zero-order valence-corrected chi connectivity index (χ0v) is 13.4.